The Kier molecular flexibility index (Phi) is 5.81. The molecule has 26 heavy (non-hydrogen) atoms. The van der Waals surface area contributed by atoms with Crippen LogP contribution in [0.1, 0.15) is 22.8 Å². The van der Waals surface area contributed by atoms with Crippen molar-refractivity contribution < 1.29 is 14.3 Å². The zero-order valence-electron chi connectivity index (χ0n) is 14.3. The van der Waals surface area contributed by atoms with Crippen molar-refractivity contribution >= 4 is 28.9 Å². The molecule has 0 fully saturated rings. The molecule has 0 aliphatic heterocycles. The van der Waals surface area contributed by atoms with Gasteiger partial charge in [0.05, 0.1) is 6.42 Å². The minimum atomic E-state index is -0.997. The molecule has 1 N–H and O–H groups in total. The molecule has 3 rings (SSSR count). The fraction of sp³-hybridized carbons (Fsp3) is 0.143. The van der Waals surface area contributed by atoms with Crippen molar-refractivity contribution in [3.8, 4) is 0 Å². The molecule has 1 amide bonds. The van der Waals surface area contributed by atoms with Crippen LogP contribution < -0.4 is 5.32 Å². The highest BCUT2D eigenvalue weighted by Gasteiger charge is 2.25. The average molecular weight is 365 g/mol. The fourth-order valence-electron chi connectivity index (χ4n) is 2.48. The summed E-state index contributed by atoms with van der Waals surface area (Å²) in [6, 6.07) is 18.4. The van der Waals surface area contributed by atoms with E-state index in [0.717, 1.165) is 11.1 Å². The number of anilines is 1. The predicted octanol–water partition coefficient (Wildman–Crippen LogP) is 4.52. The number of ether oxygens (including phenoxy) is 1. The van der Waals surface area contributed by atoms with E-state index in [4.69, 9.17) is 4.74 Å². The Hall–Kier alpha value is -2.92. The highest BCUT2D eigenvalue weighted by Crippen LogP contribution is 2.21. The van der Waals surface area contributed by atoms with Crippen LogP contribution in [-0.4, -0.2) is 11.9 Å². The van der Waals surface area contributed by atoms with Crippen LogP contribution in [-0.2, 0) is 20.7 Å². The largest absolute Gasteiger partial charge is 0.447 e. The third-order valence-corrected chi connectivity index (χ3v) is 4.57. The van der Waals surface area contributed by atoms with Crippen LogP contribution in [0.15, 0.2) is 71.4 Å². The number of benzene rings is 2. The maximum absolute atomic E-state index is 12.7. The van der Waals surface area contributed by atoms with E-state index in [1.165, 1.54) is 11.3 Å². The van der Waals surface area contributed by atoms with E-state index >= 15 is 0 Å². The van der Waals surface area contributed by atoms with E-state index in [1.807, 2.05) is 66.2 Å². The highest BCUT2D eigenvalue weighted by molar-refractivity contribution is 7.08. The summed E-state index contributed by atoms with van der Waals surface area (Å²) < 4.78 is 5.52. The first kappa shape index (κ1) is 17.9. The maximum atomic E-state index is 12.7. The summed E-state index contributed by atoms with van der Waals surface area (Å²) in [6.07, 6.45) is -0.853. The van der Waals surface area contributed by atoms with Gasteiger partial charge in [0.2, 0.25) is 6.10 Å². The molecule has 1 atom stereocenters. The Bertz CT molecular complexity index is 858. The molecule has 0 aliphatic carbocycles. The molecule has 0 saturated heterocycles. The molecule has 0 spiro atoms. The lowest BCUT2D eigenvalue weighted by Crippen LogP contribution is -2.26. The second kappa shape index (κ2) is 8.45. The first-order valence-electron chi connectivity index (χ1n) is 8.25. The third kappa shape index (κ3) is 4.80. The van der Waals surface area contributed by atoms with Crippen molar-refractivity contribution in [2.45, 2.75) is 19.4 Å². The van der Waals surface area contributed by atoms with E-state index < -0.39 is 12.1 Å². The number of thiophene rings is 1. The van der Waals surface area contributed by atoms with Crippen molar-refractivity contribution in [1.29, 1.82) is 0 Å². The Morgan fingerprint density at radius 3 is 2.42 bits per heavy atom. The monoisotopic (exact) mass is 365 g/mol. The van der Waals surface area contributed by atoms with Crippen molar-refractivity contribution in [1.82, 2.24) is 0 Å². The summed E-state index contributed by atoms with van der Waals surface area (Å²) in [5.41, 5.74) is 3.28. The molecule has 2 aromatic carbocycles. The summed E-state index contributed by atoms with van der Waals surface area (Å²) in [6.45, 7) is 1.98. The number of aryl methyl sites for hydroxylation is 1. The van der Waals surface area contributed by atoms with Gasteiger partial charge < -0.3 is 10.1 Å². The van der Waals surface area contributed by atoms with Gasteiger partial charge in [-0.1, -0.05) is 48.0 Å². The van der Waals surface area contributed by atoms with E-state index in [9.17, 15) is 9.59 Å². The predicted molar refractivity (Wildman–Crippen MR) is 103 cm³/mol. The molecular weight excluding hydrogens is 346 g/mol. The van der Waals surface area contributed by atoms with Gasteiger partial charge in [-0.15, -0.1) is 0 Å². The Morgan fingerprint density at radius 2 is 1.77 bits per heavy atom. The summed E-state index contributed by atoms with van der Waals surface area (Å²) in [5.74, 6) is -0.810. The van der Waals surface area contributed by atoms with Crippen molar-refractivity contribution in [2.75, 3.05) is 5.32 Å². The molecule has 4 nitrogen and oxygen atoms in total. The molecular formula is C21H19NO3S. The van der Waals surface area contributed by atoms with E-state index in [1.54, 1.807) is 12.1 Å². The SMILES string of the molecule is Cc1ccc(NC(=O)[C@@H](OC(=O)Cc2ccsc2)c2ccccc2)cc1. The number of hydrogen-bond donors (Lipinski definition) is 1. The van der Waals surface area contributed by atoms with Crippen LogP contribution in [0.25, 0.3) is 0 Å². The topological polar surface area (TPSA) is 55.4 Å². The van der Waals surface area contributed by atoms with Crippen LogP contribution in [0.2, 0.25) is 0 Å². The minimum absolute atomic E-state index is 0.143. The number of esters is 1. The molecule has 0 radical (unpaired) electrons. The standard InChI is InChI=1S/C21H19NO3S/c1-15-7-9-18(10-8-15)22-21(24)20(17-5-3-2-4-6-17)25-19(23)13-16-11-12-26-14-16/h2-12,14,20H,13H2,1H3,(H,22,24)/t20-/m0/s1. The average Bonchev–Trinajstić information content (AvgIpc) is 3.15. The number of carbonyl (C=O) groups is 2. The molecule has 0 saturated carbocycles. The summed E-state index contributed by atoms with van der Waals surface area (Å²) in [7, 11) is 0. The third-order valence-electron chi connectivity index (χ3n) is 3.84. The van der Waals surface area contributed by atoms with Crippen LogP contribution in [0.4, 0.5) is 5.69 Å². The molecule has 132 valence electrons. The molecule has 3 aromatic rings. The van der Waals surface area contributed by atoms with Gasteiger partial charge in [0, 0.05) is 11.3 Å². The normalized spacial score (nSPS) is 11.6. The first-order valence-corrected chi connectivity index (χ1v) is 9.19. The molecule has 1 heterocycles. The zero-order valence-corrected chi connectivity index (χ0v) is 15.2. The van der Waals surface area contributed by atoms with Crippen LogP contribution in [0.3, 0.4) is 0 Å². The van der Waals surface area contributed by atoms with Crippen LogP contribution in [0, 0.1) is 6.92 Å². The quantitative estimate of drug-likeness (QED) is 0.653. The van der Waals surface area contributed by atoms with Gasteiger partial charge in [0.15, 0.2) is 0 Å². The number of amides is 1. The lowest BCUT2D eigenvalue weighted by molar-refractivity contribution is -0.154. The lowest BCUT2D eigenvalue weighted by atomic mass is 10.1. The fourth-order valence-corrected chi connectivity index (χ4v) is 3.15. The second-order valence-electron chi connectivity index (χ2n) is 5.94. The Balaban J connectivity index is 1.75. The van der Waals surface area contributed by atoms with Gasteiger partial charge in [-0.2, -0.15) is 11.3 Å². The van der Waals surface area contributed by atoms with Gasteiger partial charge in [0.1, 0.15) is 0 Å². The Morgan fingerprint density at radius 1 is 1.04 bits per heavy atom. The molecule has 5 heteroatoms. The van der Waals surface area contributed by atoms with E-state index in [2.05, 4.69) is 5.32 Å². The van der Waals surface area contributed by atoms with Gasteiger partial charge in [-0.3, -0.25) is 9.59 Å². The van der Waals surface area contributed by atoms with Crippen LogP contribution in [0.5, 0.6) is 0 Å². The van der Waals surface area contributed by atoms with Crippen LogP contribution >= 0.6 is 11.3 Å². The number of hydrogen-bond acceptors (Lipinski definition) is 4. The first-order chi connectivity index (χ1) is 12.6. The zero-order chi connectivity index (χ0) is 18.4. The minimum Gasteiger partial charge on any atom is -0.447 e. The number of carbonyl (C=O) groups excluding carboxylic acids is 2. The molecule has 1 aromatic heterocycles. The van der Waals surface area contributed by atoms with E-state index in [-0.39, 0.29) is 12.3 Å². The molecule has 0 unspecified atom stereocenters. The smallest absolute Gasteiger partial charge is 0.311 e. The number of rotatable bonds is 6. The summed E-state index contributed by atoms with van der Waals surface area (Å²) in [4.78, 5) is 25.0. The van der Waals surface area contributed by atoms with Gasteiger partial charge in [0.25, 0.3) is 5.91 Å². The molecule has 0 aliphatic rings. The maximum Gasteiger partial charge on any atom is 0.311 e. The molecule has 0 bridgehead atoms. The number of nitrogens with one attached hydrogen (secondary N) is 1. The Labute approximate surface area is 156 Å². The van der Waals surface area contributed by atoms with Crippen molar-refractivity contribution in [3.05, 3.63) is 88.1 Å². The summed E-state index contributed by atoms with van der Waals surface area (Å²) >= 11 is 1.52. The summed E-state index contributed by atoms with van der Waals surface area (Å²) in [5, 5.41) is 6.62. The van der Waals surface area contributed by atoms with Gasteiger partial charge in [-0.25, -0.2) is 0 Å². The lowest BCUT2D eigenvalue weighted by Gasteiger charge is -2.18. The highest BCUT2D eigenvalue weighted by atomic mass is 32.1. The van der Waals surface area contributed by atoms with Crippen molar-refractivity contribution in [2.24, 2.45) is 0 Å². The van der Waals surface area contributed by atoms with Crippen molar-refractivity contribution in [3.63, 3.8) is 0 Å². The van der Waals surface area contributed by atoms with E-state index in [0.29, 0.717) is 11.3 Å². The van der Waals surface area contributed by atoms with Gasteiger partial charge >= 0.3 is 5.97 Å². The van der Waals surface area contributed by atoms with Gasteiger partial charge in [-0.05, 0) is 41.4 Å². The second-order valence-corrected chi connectivity index (χ2v) is 6.72.